The van der Waals surface area contributed by atoms with E-state index in [1.54, 1.807) is 24.3 Å². The van der Waals surface area contributed by atoms with E-state index in [0.29, 0.717) is 22.8 Å². The van der Waals surface area contributed by atoms with Gasteiger partial charge in [-0.2, -0.15) is 0 Å². The lowest BCUT2D eigenvalue weighted by atomic mass is 10.1. The number of fused-ring (bicyclic) bond motifs is 1. The van der Waals surface area contributed by atoms with Crippen molar-refractivity contribution in [2.45, 2.75) is 0 Å². The molecule has 4 aromatic rings. The van der Waals surface area contributed by atoms with Gasteiger partial charge in [0.15, 0.2) is 11.5 Å². The molecular formula is C28H21N3O7S. The van der Waals surface area contributed by atoms with E-state index < -0.39 is 10.8 Å². The molecule has 0 atom stereocenters. The molecule has 3 aromatic carbocycles. The third-order valence-electron chi connectivity index (χ3n) is 5.83. The normalized spacial score (nSPS) is 14.2. The van der Waals surface area contributed by atoms with E-state index in [2.05, 4.69) is 4.98 Å². The van der Waals surface area contributed by atoms with Crippen LogP contribution in [0.15, 0.2) is 83.9 Å². The van der Waals surface area contributed by atoms with Gasteiger partial charge in [0.05, 0.1) is 23.5 Å². The number of pyridine rings is 1. The van der Waals surface area contributed by atoms with E-state index >= 15 is 0 Å². The van der Waals surface area contributed by atoms with Gasteiger partial charge in [-0.15, -0.1) is 0 Å². The van der Waals surface area contributed by atoms with Gasteiger partial charge in [-0.25, -0.2) is 4.98 Å². The quantitative estimate of drug-likeness (QED) is 0.141. The van der Waals surface area contributed by atoms with E-state index in [9.17, 15) is 19.7 Å². The van der Waals surface area contributed by atoms with E-state index in [4.69, 9.17) is 14.2 Å². The molecule has 1 saturated heterocycles. The highest BCUT2D eigenvalue weighted by atomic mass is 32.2. The van der Waals surface area contributed by atoms with Crippen LogP contribution in [0.5, 0.6) is 23.1 Å². The molecule has 5 rings (SSSR count). The number of amides is 2. The number of hydrogen-bond acceptors (Lipinski definition) is 9. The highest BCUT2D eigenvalue weighted by Gasteiger charge is 2.34. The first-order valence-corrected chi connectivity index (χ1v) is 12.6. The molecule has 2 amide bonds. The zero-order chi connectivity index (χ0) is 27.4. The Morgan fingerprint density at radius 2 is 1.82 bits per heavy atom. The first-order valence-electron chi connectivity index (χ1n) is 11.8. The molecule has 1 aliphatic heterocycles. The number of imide groups is 1. The number of carbonyl (C=O) groups is 2. The summed E-state index contributed by atoms with van der Waals surface area (Å²) in [7, 11) is 1.46. The number of thioether (sulfide) groups is 1. The lowest BCUT2D eigenvalue weighted by Crippen LogP contribution is -2.32. The van der Waals surface area contributed by atoms with Crippen molar-refractivity contribution >= 4 is 45.4 Å². The van der Waals surface area contributed by atoms with Crippen molar-refractivity contribution in [3.8, 4) is 23.1 Å². The minimum Gasteiger partial charge on any atom is -0.493 e. The van der Waals surface area contributed by atoms with Crippen LogP contribution in [0.25, 0.3) is 16.8 Å². The summed E-state index contributed by atoms with van der Waals surface area (Å²) in [6.07, 6.45) is 2.70. The Labute approximate surface area is 227 Å². The molecule has 1 fully saturated rings. The van der Waals surface area contributed by atoms with Crippen molar-refractivity contribution in [1.82, 2.24) is 9.88 Å². The molecule has 0 unspecified atom stereocenters. The number of methoxy groups -OCH3 is 1. The summed E-state index contributed by atoms with van der Waals surface area (Å²) >= 11 is 0.855. The highest BCUT2D eigenvalue weighted by molar-refractivity contribution is 8.18. The van der Waals surface area contributed by atoms with Crippen molar-refractivity contribution < 1.29 is 28.7 Å². The van der Waals surface area contributed by atoms with Crippen molar-refractivity contribution in [2.24, 2.45) is 0 Å². The number of benzene rings is 3. The average molecular weight is 544 g/mol. The smallest absolute Gasteiger partial charge is 0.293 e. The number of ether oxygens (including phenoxy) is 3. The van der Waals surface area contributed by atoms with Crippen molar-refractivity contribution in [3.63, 3.8) is 0 Å². The molecule has 0 radical (unpaired) electrons. The fourth-order valence-corrected chi connectivity index (χ4v) is 4.79. The van der Waals surface area contributed by atoms with Gasteiger partial charge in [0, 0.05) is 17.5 Å². The summed E-state index contributed by atoms with van der Waals surface area (Å²) in [5.41, 5.74) is 0.465. The van der Waals surface area contributed by atoms with Gasteiger partial charge in [0.25, 0.3) is 16.8 Å². The van der Waals surface area contributed by atoms with Gasteiger partial charge in [-0.05, 0) is 47.0 Å². The number of carbonyl (C=O) groups excluding carboxylic acids is 2. The Kier molecular flexibility index (Phi) is 7.41. The Balaban J connectivity index is 1.25. The summed E-state index contributed by atoms with van der Waals surface area (Å²) in [6, 6.07) is 21.2. The summed E-state index contributed by atoms with van der Waals surface area (Å²) in [5.74, 6) is 1.12. The van der Waals surface area contributed by atoms with Gasteiger partial charge in [-0.1, -0.05) is 42.5 Å². The Hall–Kier alpha value is -4.90. The third kappa shape index (κ3) is 5.68. The maximum absolute atomic E-state index is 13.0. The summed E-state index contributed by atoms with van der Waals surface area (Å²) < 4.78 is 17.0. The zero-order valence-corrected chi connectivity index (χ0v) is 21.4. The minimum atomic E-state index is -0.550. The third-order valence-corrected chi connectivity index (χ3v) is 6.73. The van der Waals surface area contributed by atoms with Gasteiger partial charge in [0.2, 0.25) is 5.88 Å². The predicted octanol–water partition coefficient (Wildman–Crippen LogP) is 6.06. The van der Waals surface area contributed by atoms with Crippen molar-refractivity contribution in [2.75, 3.05) is 20.3 Å². The number of hydrogen-bond donors (Lipinski definition) is 0. The maximum atomic E-state index is 13.0. The van der Waals surface area contributed by atoms with Gasteiger partial charge >= 0.3 is 0 Å². The average Bonchev–Trinajstić information content (AvgIpc) is 3.21. The van der Waals surface area contributed by atoms with Crippen LogP contribution in [0.3, 0.4) is 0 Å². The molecule has 0 N–H and O–H groups in total. The monoisotopic (exact) mass is 543 g/mol. The Morgan fingerprint density at radius 3 is 2.59 bits per heavy atom. The van der Waals surface area contributed by atoms with Gasteiger partial charge in [-0.3, -0.25) is 24.6 Å². The molecule has 0 saturated carbocycles. The summed E-state index contributed by atoms with van der Waals surface area (Å²) in [4.78, 5) is 41.2. The van der Waals surface area contributed by atoms with Gasteiger partial charge < -0.3 is 14.2 Å². The van der Waals surface area contributed by atoms with Gasteiger partial charge in [0.1, 0.15) is 18.6 Å². The zero-order valence-electron chi connectivity index (χ0n) is 20.6. The first kappa shape index (κ1) is 25.7. The Bertz CT molecular complexity index is 1600. The van der Waals surface area contributed by atoms with Crippen LogP contribution in [0, 0.1) is 10.1 Å². The molecule has 39 heavy (non-hydrogen) atoms. The molecule has 0 spiro atoms. The molecule has 11 heteroatoms. The van der Waals surface area contributed by atoms with Crippen LogP contribution in [-0.4, -0.2) is 46.2 Å². The molecule has 0 bridgehead atoms. The second kappa shape index (κ2) is 11.2. The lowest BCUT2D eigenvalue weighted by molar-refractivity contribution is -0.385. The van der Waals surface area contributed by atoms with Crippen molar-refractivity contribution in [1.29, 1.82) is 0 Å². The SMILES string of the molecule is COc1cc(/C=C2\SC(=O)N(CCOc3cccc4ccccc34)C2=O)ccc1Oc1ccc([N+](=O)[O-])cn1. The van der Waals surface area contributed by atoms with Crippen LogP contribution in [0.1, 0.15) is 5.56 Å². The molecule has 10 nitrogen and oxygen atoms in total. The lowest BCUT2D eigenvalue weighted by Gasteiger charge is -2.14. The fourth-order valence-electron chi connectivity index (χ4n) is 3.92. The number of rotatable bonds is 9. The van der Waals surface area contributed by atoms with Crippen LogP contribution < -0.4 is 14.2 Å². The largest absolute Gasteiger partial charge is 0.493 e. The number of nitrogens with zero attached hydrogens (tertiary/aromatic N) is 3. The first-order chi connectivity index (χ1) is 18.9. The molecule has 0 aliphatic carbocycles. The molecular weight excluding hydrogens is 522 g/mol. The number of aromatic nitrogens is 1. The molecule has 196 valence electrons. The van der Waals surface area contributed by atoms with Crippen LogP contribution in [0.2, 0.25) is 0 Å². The van der Waals surface area contributed by atoms with E-state index in [0.717, 1.165) is 33.6 Å². The molecule has 1 aliphatic rings. The Morgan fingerprint density at radius 1 is 1.00 bits per heavy atom. The van der Waals surface area contributed by atoms with Crippen LogP contribution in [-0.2, 0) is 4.79 Å². The van der Waals surface area contributed by atoms with E-state index in [1.807, 2.05) is 42.5 Å². The molecule has 2 heterocycles. The summed E-state index contributed by atoms with van der Waals surface area (Å²) in [5, 5.41) is 12.4. The topological polar surface area (TPSA) is 121 Å². The van der Waals surface area contributed by atoms with Crippen molar-refractivity contribution in [3.05, 3.63) is 99.6 Å². The molecule has 1 aromatic heterocycles. The minimum absolute atomic E-state index is 0.115. The second-order valence-corrected chi connectivity index (χ2v) is 9.28. The summed E-state index contributed by atoms with van der Waals surface area (Å²) in [6.45, 7) is 0.277. The van der Waals surface area contributed by atoms with E-state index in [-0.39, 0.29) is 34.9 Å². The van der Waals surface area contributed by atoms with E-state index in [1.165, 1.54) is 19.2 Å². The maximum Gasteiger partial charge on any atom is 0.293 e. The van der Waals surface area contributed by atoms with Crippen LogP contribution in [0.4, 0.5) is 10.5 Å². The number of nitro groups is 1. The predicted molar refractivity (Wildman–Crippen MR) is 146 cm³/mol. The highest BCUT2D eigenvalue weighted by Crippen LogP contribution is 2.36. The second-order valence-electron chi connectivity index (χ2n) is 8.28. The fraction of sp³-hybridized carbons (Fsp3) is 0.107. The van der Waals surface area contributed by atoms with Crippen LogP contribution >= 0.6 is 11.8 Å². The standard InChI is InChI=1S/C28H21N3O7S/c1-36-24-15-18(9-11-23(24)38-26-12-10-20(17-29-26)31(34)35)16-25-27(32)30(28(33)39-25)13-14-37-22-8-4-6-19-5-2-3-7-21(19)22/h2-12,15-17H,13-14H2,1H3/b25-16-.